The number of ketones is 1. The van der Waals surface area contributed by atoms with Crippen LogP contribution in [0.3, 0.4) is 0 Å². The maximum atomic E-state index is 11.7. The number of hydrogen-bond donors (Lipinski definition) is 0. The molecule has 0 bridgehead atoms. The molecule has 0 aliphatic carbocycles. The Labute approximate surface area is 99.7 Å². The van der Waals surface area contributed by atoms with Gasteiger partial charge in [0.1, 0.15) is 0 Å². The highest BCUT2D eigenvalue weighted by Gasteiger charge is 2.33. The lowest BCUT2D eigenvalue weighted by Crippen LogP contribution is -2.23. The molecule has 0 spiro atoms. The predicted octanol–water partition coefficient (Wildman–Crippen LogP) is 3.09. The molecule has 2 heteroatoms. The molecule has 1 aliphatic heterocycles. The highest BCUT2D eigenvalue weighted by atomic mass is 16.1. The lowest BCUT2D eigenvalue weighted by Gasteiger charge is -2.26. The summed E-state index contributed by atoms with van der Waals surface area (Å²) < 4.78 is 0. The molecule has 1 saturated heterocycles. The van der Waals surface area contributed by atoms with E-state index in [1.807, 2.05) is 19.9 Å². The second-order valence-electron chi connectivity index (χ2n) is 6.34. The number of carbonyl (C=O) groups excluding carboxylic acids is 1. The van der Waals surface area contributed by atoms with Crippen molar-refractivity contribution in [2.45, 2.75) is 41.0 Å². The second-order valence-corrected chi connectivity index (χ2v) is 6.34. The average Bonchev–Trinajstić information content (AvgIpc) is 2.47. The Kier molecular flexibility index (Phi) is 3.82. The molecule has 0 aromatic carbocycles. The Morgan fingerprint density at radius 2 is 2.00 bits per heavy atom. The first-order chi connectivity index (χ1) is 7.21. The molecule has 0 N–H and O–H groups in total. The summed E-state index contributed by atoms with van der Waals surface area (Å²) in [5, 5.41) is 0. The lowest BCUT2D eigenvalue weighted by atomic mass is 9.80. The summed E-state index contributed by atoms with van der Waals surface area (Å²) in [6, 6.07) is 0. The minimum Gasteiger partial charge on any atom is -0.377 e. The minimum absolute atomic E-state index is 0.106. The van der Waals surface area contributed by atoms with Crippen molar-refractivity contribution < 1.29 is 4.79 Å². The summed E-state index contributed by atoms with van der Waals surface area (Å²) in [6.07, 6.45) is 2.88. The van der Waals surface area contributed by atoms with Crippen molar-refractivity contribution >= 4 is 5.78 Å². The van der Waals surface area contributed by atoms with Gasteiger partial charge in [-0.2, -0.15) is 0 Å². The summed E-state index contributed by atoms with van der Waals surface area (Å²) in [7, 11) is 2.09. The van der Waals surface area contributed by atoms with Crippen LogP contribution in [0.15, 0.2) is 11.8 Å². The fourth-order valence-electron chi connectivity index (χ4n) is 2.00. The first-order valence-electron chi connectivity index (χ1n) is 6.17. The van der Waals surface area contributed by atoms with E-state index in [0.717, 1.165) is 13.0 Å². The average molecular weight is 223 g/mol. The van der Waals surface area contributed by atoms with Crippen LogP contribution in [0.2, 0.25) is 0 Å². The van der Waals surface area contributed by atoms with Crippen molar-refractivity contribution in [3.63, 3.8) is 0 Å². The quantitative estimate of drug-likeness (QED) is 0.670. The van der Waals surface area contributed by atoms with Gasteiger partial charge in [-0.05, 0) is 17.8 Å². The van der Waals surface area contributed by atoms with Gasteiger partial charge in [0, 0.05) is 31.3 Å². The maximum absolute atomic E-state index is 11.7. The standard InChI is InChI=1S/C14H25NO/c1-10(2)13(16)8-12-7-11(9-15(12)6)14(3,4)5/h8,10-11H,7,9H2,1-6H3/b12-8+. The van der Waals surface area contributed by atoms with Gasteiger partial charge in [-0.3, -0.25) is 4.79 Å². The molecule has 1 atom stereocenters. The van der Waals surface area contributed by atoms with Gasteiger partial charge in [0.25, 0.3) is 0 Å². The molecule has 0 aromatic heterocycles. The smallest absolute Gasteiger partial charge is 0.159 e. The number of rotatable bonds is 2. The summed E-state index contributed by atoms with van der Waals surface area (Å²) in [5.41, 5.74) is 1.53. The van der Waals surface area contributed by atoms with Crippen LogP contribution in [0.5, 0.6) is 0 Å². The van der Waals surface area contributed by atoms with Crippen LogP contribution in [-0.2, 0) is 4.79 Å². The number of carbonyl (C=O) groups is 1. The van der Waals surface area contributed by atoms with Crippen molar-refractivity contribution in [2.75, 3.05) is 13.6 Å². The maximum Gasteiger partial charge on any atom is 0.159 e. The molecule has 1 fully saturated rings. The molecule has 1 aliphatic rings. The van der Waals surface area contributed by atoms with Gasteiger partial charge in [-0.15, -0.1) is 0 Å². The SMILES string of the molecule is CC(C)C(=O)/C=C1\CC(C(C)(C)C)CN1C. The van der Waals surface area contributed by atoms with Crippen LogP contribution in [0.1, 0.15) is 41.0 Å². The van der Waals surface area contributed by atoms with Crippen molar-refractivity contribution in [3.05, 3.63) is 11.8 Å². The van der Waals surface area contributed by atoms with Crippen molar-refractivity contribution in [2.24, 2.45) is 17.3 Å². The Bertz CT molecular complexity index is 296. The third kappa shape index (κ3) is 3.10. The molecule has 0 saturated carbocycles. The molecular formula is C14H25NO. The molecule has 0 radical (unpaired) electrons. The molecular weight excluding hydrogens is 198 g/mol. The Morgan fingerprint density at radius 1 is 1.44 bits per heavy atom. The Morgan fingerprint density at radius 3 is 2.38 bits per heavy atom. The number of hydrogen-bond acceptors (Lipinski definition) is 2. The molecule has 16 heavy (non-hydrogen) atoms. The van der Waals surface area contributed by atoms with Gasteiger partial charge in [0.2, 0.25) is 0 Å². The molecule has 1 heterocycles. The van der Waals surface area contributed by atoms with Gasteiger partial charge in [-0.25, -0.2) is 0 Å². The lowest BCUT2D eigenvalue weighted by molar-refractivity contribution is -0.117. The number of allylic oxidation sites excluding steroid dienone is 2. The largest absolute Gasteiger partial charge is 0.377 e. The third-order valence-electron chi connectivity index (χ3n) is 3.54. The van der Waals surface area contributed by atoms with Crippen LogP contribution in [0, 0.1) is 17.3 Å². The van der Waals surface area contributed by atoms with E-state index in [1.165, 1.54) is 5.70 Å². The van der Waals surface area contributed by atoms with E-state index in [4.69, 9.17) is 0 Å². The monoisotopic (exact) mass is 223 g/mol. The van der Waals surface area contributed by atoms with Crippen LogP contribution in [-0.4, -0.2) is 24.3 Å². The number of likely N-dealkylation sites (tertiary alicyclic amines) is 1. The van der Waals surface area contributed by atoms with Crippen molar-refractivity contribution in [1.82, 2.24) is 4.90 Å². The molecule has 1 unspecified atom stereocenters. The van der Waals surface area contributed by atoms with Crippen LogP contribution in [0.25, 0.3) is 0 Å². The highest BCUT2D eigenvalue weighted by molar-refractivity contribution is 5.91. The fraction of sp³-hybridized carbons (Fsp3) is 0.786. The molecule has 2 nitrogen and oxygen atoms in total. The Balaban J connectivity index is 2.76. The van der Waals surface area contributed by atoms with Crippen molar-refractivity contribution in [3.8, 4) is 0 Å². The summed E-state index contributed by atoms with van der Waals surface area (Å²) in [6.45, 7) is 11.8. The van der Waals surface area contributed by atoms with E-state index >= 15 is 0 Å². The van der Waals surface area contributed by atoms with Gasteiger partial charge >= 0.3 is 0 Å². The van der Waals surface area contributed by atoms with Gasteiger partial charge in [0.05, 0.1) is 0 Å². The van der Waals surface area contributed by atoms with Crippen LogP contribution in [0.4, 0.5) is 0 Å². The number of nitrogens with zero attached hydrogens (tertiary/aromatic N) is 1. The normalized spacial score (nSPS) is 24.6. The summed E-state index contributed by atoms with van der Waals surface area (Å²) in [5.74, 6) is 1.01. The van der Waals surface area contributed by atoms with Gasteiger partial charge in [-0.1, -0.05) is 34.6 Å². The molecule has 0 amide bonds. The van der Waals surface area contributed by atoms with Crippen molar-refractivity contribution in [1.29, 1.82) is 0 Å². The van der Waals surface area contributed by atoms with Gasteiger partial charge < -0.3 is 4.90 Å². The second kappa shape index (κ2) is 4.60. The Hall–Kier alpha value is -0.790. The van der Waals surface area contributed by atoms with Gasteiger partial charge in [0.15, 0.2) is 5.78 Å². The third-order valence-corrected chi connectivity index (χ3v) is 3.54. The van der Waals surface area contributed by atoms with Crippen LogP contribution < -0.4 is 0 Å². The van der Waals surface area contributed by atoms with E-state index in [1.54, 1.807) is 0 Å². The van der Waals surface area contributed by atoms with E-state index in [2.05, 4.69) is 32.7 Å². The van der Waals surface area contributed by atoms with E-state index < -0.39 is 0 Å². The predicted molar refractivity (Wildman–Crippen MR) is 68.1 cm³/mol. The van der Waals surface area contributed by atoms with E-state index in [9.17, 15) is 4.79 Å². The van der Waals surface area contributed by atoms with E-state index in [-0.39, 0.29) is 11.7 Å². The summed E-state index contributed by atoms with van der Waals surface area (Å²) >= 11 is 0. The summed E-state index contributed by atoms with van der Waals surface area (Å²) in [4.78, 5) is 13.9. The fourth-order valence-corrected chi connectivity index (χ4v) is 2.00. The molecule has 1 rings (SSSR count). The minimum atomic E-state index is 0.106. The van der Waals surface area contributed by atoms with E-state index in [0.29, 0.717) is 11.3 Å². The first kappa shape index (κ1) is 13.3. The topological polar surface area (TPSA) is 20.3 Å². The van der Waals surface area contributed by atoms with Crippen LogP contribution >= 0.6 is 0 Å². The zero-order valence-corrected chi connectivity index (χ0v) is 11.5. The highest BCUT2D eigenvalue weighted by Crippen LogP contribution is 2.37. The zero-order valence-electron chi connectivity index (χ0n) is 11.5. The zero-order chi connectivity index (χ0) is 12.5. The molecule has 92 valence electrons. The molecule has 0 aromatic rings. The first-order valence-corrected chi connectivity index (χ1v) is 6.17.